The highest BCUT2D eigenvalue weighted by molar-refractivity contribution is 6.21. The summed E-state index contributed by atoms with van der Waals surface area (Å²) in [6.07, 6.45) is 3.87. The number of hydrogen-bond acceptors (Lipinski definition) is 5. The summed E-state index contributed by atoms with van der Waals surface area (Å²) in [7, 11) is 0. The first-order valence-electron chi connectivity index (χ1n) is 11.0. The number of rotatable bonds is 9. The van der Waals surface area contributed by atoms with E-state index in [0.717, 1.165) is 5.69 Å². The third-order valence-corrected chi connectivity index (χ3v) is 5.67. The zero-order valence-corrected chi connectivity index (χ0v) is 18.2. The van der Waals surface area contributed by atoms with Gasteiger partial charge in [-0.25, -0.2) is 0 Å². The van der Waals surface area contributed by atoms with Crippen molar-refractivity contribution in [1.82, 2.24) is 9.88 Å². The van der Waals surface area contributed by atoms with Gasteiger partial charge in [-0.3, -0.25) is 24.3 Å². The molecule has 7 heteroatoms. The van der Waals surface area contributed by atoms with Gasteiger partial charge in [-0.2, -0.15) is 0 Å². The number of phenols is 1. The third kappa shape index (κ3) is 4.92. The molecule has 1 aliphatic rings. The summed E-state index contributed by atoms with van der Waals surface area (Å²) >= 11 is 0. The second-order valence-corrected chi connectivity index (χ2v) is 7.91. The van der Waals surface area contributed by atoms with Crippen LogP contribution in [-0.4, -0.2) is 39.3 Å². The number of carbonyl (C=O) groups is 3. The molecule has 0 bridgehead atoms. The smallest absolute Gasteiger partial charge is 0.261 e. The first-order chi connectivity index (χ1) is 16.1. The van der Waals surface area contributed by atoms with Crippen LogP contribution in [0, 0.1) is 0 Å². The van der Waals surface area contributed by atoms with Gasteiger partial charge in [0.15, 0.2) is 0 Å². The van der Waals surface area contributed by atoms with Gasteiger partial charge in [0, 0.05) is 19.2 Å². The number of aromatic nitrogens is 1. The van der Waals surface area contributed by atoms with E-state index < -0.39 is 0 Å². The molecule has 1 N–H and O–H groups in total. The standard InChI is InChI=1S/C26H25N3O4/c30-23-14-6-5-13-22(23)29(18-19-10-7-8-16-27-19)24(31)15-2-1-9-17-28-25(32)20-11-3-4-12-21(20)26(28)33/h3-8,10-14,16,30H,1-2,9,15,17-18H2. The van der Waals surface area contributed by atoms with Gasteiger partial charge in [0.2, 0.25) is 5.91 Å². The Labute approximate surface area is 192 Å². The van der Waals surface area contributed by atoms with Gasteiger partial charge < -0.3 is 10.0 Å². The summed E-state index contributed by atoms with van der Waals surface area (Å²) in [5.41, 5.74) is 2.06. The number of fused-ring (bicyclic) bond motifs is 1. The molecule has 0 saturated heterocycles. The molecule has 168 valence electrons. The van der Waals surface area contributed by atoms with Gasteiger partial charge in [0.05, 0.1) is 29.1 Å². The zero-order chi connectivity index (χ0) is 23.2. The van der Waals surface area contributed by atoms with Crippen molar-refractivity contribution in [3.8, 4) is 5.75 Å². The Bertz CT molecular complexity index is 1130. The van der Waals surface area contributed by atoms with Crippen LogP contribution >= 0.6 is 0 Å². The lowest BCUT2D eigenvalue weighted by atomic mass is 10.1. The molecule has 3 amide bonds. The van der Waals surface area contributed by atoms with Crippen molar-refractivity contribution >= 4 is 23.4 Å². The summed E-state index contributed by atoms with van der Waals surface area (Å²) in [4.78, 5) is 45.1. The summed E-state index contributed by atoms with van der Waals surface area (Å²) in [6.45, 7) is 0.587. The summed E-state index contributed by atoms with van der Waals surface area (Å²) in [6, 6.07) is 19.1. The van der Waals surface area contributed by atoms with E-state index in [4.69, 9.17) is 0 Å². The minimum Gasteiger partial charge on any atom is -0.506 e. The van der Waals surface area contributed by atoms with Crippen LogP contribution < -0.4 is 4.90 Å². The maximum atomic E-state index is 13.0. The number of hydrogen-bond donors (Lipinski definition) is 1. The largest absolute Gasteiger partial charge is 0.506 e. The number of aromatic hydroxyl groups is 1. The number of para-hydroxylation sites is 2. The Morgan fingerprint density at radius 3 is 2.18 bits per heavy atom. The number of amides is 3. The number of carbonyl (C=O) groups excluding carboxylic acids is 3. The van der Waals surface area contributed by atoms with Crippen molar-refractivity contribution in [2.45, 2.75) is 32.2 Å². The molecule has 0 unspecified atom stereocenters. The number of imide groups is 1. The fourth-order valence-electron chi connectivity index (χ4n) is 3.95. The summed E-state index contributed by atoms with van der Waals surface area (Å²) in [5, 5.41) is 10.3. The Kier molecular flexibility index (Phi) is 6.78. The fourth-order valence-corrected chi connectivity index (χ4v) is 3.95. The van der Waals surface area contributed by atoms with E-state index >= 15 is 0 Å². The lowest BCUT2D eigenvalue weighted by Crippen LogP contribution is -2.31. The van der Waals surface area contributed by atoms with Crippen LogP contribution in [0.4, 0.5) is 5.69 Å². The molecule has 1 aliphatic heterocycles. The van der Waals surface area contributed by atoms with Crippen molar-refractivity contribution < 1.29 is 19.5 Å². The van der Waals surface area contributed by atoms with Crippen LogP contribution in [0.5, 0.6) is 5.75 Å². The predicted molar refractivity (Wildman–Crippen MR) is 124 cm³/mol. The van der Waals surface area contributed by atoms with Crippen molar-refractivity contribution in [1.29, 1.82) is 0 Å². The highest BCUT2D eigenvalue weighted by atomic mass is 16.3. The molecule has 2 heterocycles. The fraction of sp³-hybridized carbons (Fsp3) is 0.231. The van der Waals surface area contributed by atoms with Gasteiger partial charge in [-0.1, -0.05) is 36.8 Å². The lowest BCUT2D eigenvalue weighted by molar-refractivity contribution is -0.118. The minimum absolute atomic E-state index is 0.0346. The molecule has 1 aromatic heterocycles. The highest BCUT2D eigenvalue weighted by Crippen LogP contribution is 2.29. The van der Waals surface area contributed by atoms with Gasteiger partial charge in [0.25, 0.3) is 11.8 Å². The summed E-state index contributed by atoms with van der Waals surface area (Å²) in [5.74, 6) is -0.601. The Balaban J connectivity index is 1.32. The van der Waals surface area contributed by atoms with Crippen LogP contribution in [0.1, 0.15) is 52.1 Å². The molecular formula is C26H25N3O4. The van der Waals surface area contributed by atoms with E-state index in [1.165, 1.54) is 4.90 Å². The molecule has 4 rings (SSSR count). The maximum absolute atomic E-state index is 13.0. The number of phenolic OH excluding ortho intramolecular Hbond substituents is 1. The Morgan fingerprint density at radius 1 is 0.848 bits per heavy atom. The molecule has 0 radical (unpaired) electrons. The minimum atomic E-state index is -0.257. The molecule has 0 aliphatic carbocycles. The SMILES string of the molecule is O=C1c2ccccc2C(=O)N1CCCCCC(=O)N(Cc1ccccn1)c1ccccc1O. The number of pyridine rings is 1. The van der Waals surface area contributed by atoms with Crippen molar-refractivity contribution in [2.24, 2.45) is 0 Å². The van der Waals surface area contributed by atoms with Gasteiger partial charge in [0.1, 0.15) is 5.75 Å². The lowest BCUT2D eigenvalue weighted by Gasteiger charge is -2.23. The van der Waals surface area contributed by atoms with Crippen LogP contribution in [-0.2, 0) is 11.3 Å². The second-order valence-electron chi connectivity index (χ2n) is 7.91. The quantitative estimate of drug-likeness (QED) is 0.396. The molecular weight excluding hydrogens is 418 g/mol. The molecule has 7 nitrogen and oxygen atoms in total. The topological polar surface area (TPSA) is 90.8 Å². The molecule has 33 heavy (non-hydrogen) atoms. The normalized spacial score (nSPS) is 12.7. The molecule has 0 saturated carbocycles. The van der Waals surface area contributed by atoms with Crippen molar-refractivity contribution in [3.05, 3.63) is 89.7 Å². The Hall–Kier alpha value is -4.00. The van der Waals surface area contributed by atoms with Crippen LogP contribution in [0.2, 0.25) is 0 Å². The molecule has 0 fully saturated rings. The number of unbranched alkanes of at least 4 members (excludes halogenated alkanes) is 2. The number of nitrogens with zero attached hydrogens (tertiary/aromatic N) is 3. The number of anilines is 1. The van der Waals surface area contributed by atoms with Gasteiger partial charge >= 0.3 is 0 Å². The van der Waals surface area contributed by atoms with E-state index in [-0.39, 0.29) is 36.4 Å². The second kappa shape index (κ2) is 10.1. The Morgan fingerprint density at radius 2 is 1.52 bits per heavy atom. The van der Waals surface area contributed by atoms with Gasteiger partial charge in [-0.05, 0) is 49.2 Å². The zero-order valence-electron chi connectivity index (χ0n) is 18.2. The monoisotopic (exact) mass is 443 g/mol. The van der Waals surface area contributed by atoms with E-state index in [9.17, 15) is 19.5 Å². The molecule has 2 aromatic carbocycles. The molecule has 0 spiro atoms. The highest BCUT2D eigenvalue weighted by Gasteiger charge is 2.34. The van der Waals surface area contributed by atoms with Crippen molar-refractivity contribution in [3.63, 3.8) is 0 Å². The average molecular weight is 444 g/mol. The van der Waals surface area contributed by atoms with E-state index in [0.29, 0.717) is 42.6 Å². The van der Waals surface area contributed by atoms with Gasteiger partial charge in [-0.15, -0.1) is 0 Å². The van der Waals surface area contributed by atoms with E-state index in [1.807, 2.05) is 18.2 Å². The first kappa shape index (κ1) is 22.2. The number of benzene rings is 2. The molecule has 3 aromatic rings. The predicted octanol–water partition coefficient (Wildman–Crippen LogP) is 4.18. The van der Waals surface area contributed by atoms with Crippen LogP contribution in [0.3, 0.4) is 0 Å². The maximum Gasteiger partial charge on any atom is 0.261 e. The van der Waals surface area contributed by atoms with Crippen LogP contribution in [0.15, 0.2) is 72.9 Å². The average Bonchev–Trinajstić information content (AvgIpc) is 3.08. The third-order valence-electron chi connectivity index (χ3n) is 5.67. The summed E-state index contributed by atoms with van der Waals surface area (Å²) < 4.78 is 0. The first-order valence-corrected chi connectivity index (χ1v) is 11.0. The molecule has 0 atom stereocenters. The van der Waals surface area contributed by atoms with E-state index in [1.54, 1.807) is 59.6 Å². The van der Waals surface area contributed by atoms with Crippen molar-refractivity contribution in [2.75, 3.05) is 11.4 Å². The van der Waals surface area contributed by atoms with E-state index in [2.05, 4.69) is 4.98 Å². The van der Waals surface area contributed by atoms with Crippen LogP contribution in [0.25, 0.3) is 0 Å².